The first kappa shape index (κ1) is 20.1. The van der Waals surface area contributed by atoms with Crippen LogP contribution in [0.1, 0.15) is 46.3 Å². The monoisotopic (exact) mass is 405 g/mol. The summed E-state index contributed by atoms with van der Waals surface area (Å²) in [6, 6.07) is 9.70. The fourth-order valence-corrected chi connectivity index (χ4v) is 4.43. The minimum atomic E-state index is -0.365. The Morgan fingerprint density at radius 2 is 1.97 bits per heavy atom. The first-order valence-electron chi connectivity index (χ1n) is 10.5. The van der Waals surface area contributed by atoms with Crippen molar-refractivity contribution in [3.63, 3.8) is 0 Å². The van der Waals surface area contributed by atoms with Gasteiger partial charge in [0, 0.05) is 32.3 Å². The molecule has 1 aliphatic carbocycles. The number of pyridine rings is 1. The molecule has 1 N–H and O–H groups in total. The van der Waals surface area contributed by atoms with E-state index in [1.165, 1.54) is 7.05 Å². The van der Waals surface area contributed by atoms with E-state index in [9.17, 15) is 14.4 Å². The highest BCUT2D eigenvalue weighted by atomic mass is 16.2. The lowest BCUT2D eigenvalue weighted by atomic mass is 9.91. The molecule has 2 aliphatic rings. The molecule has 0 fully saturated rings. The van der Waals surface area contributed by atoms with Crippen LogP contribution in [0, 0.1) is 5.92 Å². The minimum absolute atomic E-state index is 0.0326. The average molecular weight is 405 g/mol. The number of allylic oxidation sites excluding steroid dienone is 2. The summed E-state index contributed by atoms with van der Waals surface area (Å²) in [6.07, 6.45) is 9.19. The Labute approximate surface area is 176 Å². The molecule has 1 unspecified atom stereocenters. The van der Waals surface area contributed by atoms with E-state index in [0.29, 0.717) is 26.1 Å². The van der Waals surface area contributed by atoms with Gasteiger partial charge in [-0.3, -0.25) is 14.4 Å². The molecule has 6 heteroatoms. The molecule has 6 nitrogen and oxygen atoms in total. The topological polar surface area (TPSA) is 71.4 Å². The zero-order chi connectivity index (χ0) is 21.1. The number of amides is 2. The van der Waals surface area contributed by atoms with Crippen molar-refractivity contribution in [3.8, 4) is 0 Å². The molecule has 1 aromatic heterocycles. The molecule has 1 aliphatic heterocycles. The summed E-state index contributed by atoms with van der Waals surface area (Å²) in [5, 5.41) is 2.61. The molecule has 0 radical (unpaired) electrons. The van der Waals surface area contributed by atoms with Gasteiger partial charge in [0.1, 0.15) is 5.56 Å². The Morgan fingerprint density at radius 1 is 1.17 bits per heavy atom. The SMILES string of the molecule is CNC(=O)c1c2c(cn(Cc3ccccc3)c1=O)CN(C(=O)C1CC=CCC1)CC2. The maximum absolute atomic E-state index is 13.1. The van der Waals surface area contributed by atoms with Crippen molar-refractivity contribution in [2.24, 2.45) is 5.92 Å². The third-order valence-electron chi connectivity index (χ3n) is 6.05. The quantitative estimate of drug-likeness (QED) is 0.795. The number of aromatic nitrogens is 1. The summed E-state index contributed by atoms with van der Waals surface area (Å²) in [6.45, 7) is 1.37. The smallest absolute Gasteiger partial charge is 0.264 e. The number of hydrogen-bond donors (Lipinski definition) is 1. The highest BCUT2D eigenvalue weighted by molar-refractivity contribution is 5.95. The zero-order valence-electron chi connectivity index (χ0n) is 17.3. The lowest BCUT2D eigenvalue weighted by Gasteiger charge is -2.33. The number of nitrogens with one attached hydrogen (secondary N) is 1. The van der Waals surface area contributed by atoms with Gasteiger partial charge in [0.15, 0.2) is 0 Å². The molecule has 0 bridgehead atoms. The van der Waals surface area contributed by atoms with Crippen LogP contribution >= 0.6 is 0 Å². The second-order valence-corrected chi connectivity index (χ2v) is 8.00. The lowest BCUT2D eigenvalue weighted by molar-refractivity contribution is -0.136. The van der Waals surface area contributed by atoms with Gasteiger partial charge >= 0.3 is 0 Å². The van der Waals surface area contributed by atoms with Crippen LogP contribution in [0.25, 0.3) is 0 Å². The number of benzene rings is 1. The highest BCUT2D eigenvalue weighted by Gasteiger charge is 2.30. The molecule has 1 aromatic carbocycles. The van der Waals surface area contributed by atoms with Crippen molar-refractivity contribution in [1.82, 2.24) is 14.8 Å². The fraction of sp³-hybridized carbons (Fsp3) is 0.375. The standard InChI is InChI=1S/C24H27N3O3/c1-25-22(28)21-20-12-13-26(23(29)18-10-6-3-7-11-18)15-19(20)16-27(24(21)30)14-17-8-4-2-5-9-17/h2-6,8-9,16,18H,7,10-15H2,1H3,(H,25,28). The van der Waals surface area contributed by atoms with Gasteiger partial charge < -0.3 is 14.8 Å². The Hall–Kier alpha value is -3.15. The van der Waals surface area contributed by atoms with Crippen molar-refractivity contribution in [2.45, 2.75) is 38.8 Å². The van der Waals surface area contributed by atoms with E-state index in [-0.39, 0.29) is 28.9 Å². The van der Waals surface area contributed by atoms with Gasteiger partial charge in [-0.15, -0.1) is 0 Å². The fourth-order valence-electron chi connectivity index (χ4n) is 4.43. The Balaban J connectivity index is 1.68. The first-order valence-corrected chi connectivity index (χ1v) is 10.5. The highest BCUT2D eigenvalue weighted by Crippen LogP contribution is 2.26. The van der Waals surface area contributed by atoms with Crippen molar-refractivity contribution < 1.29 is 9.59 Å². The van der Waals surface area contributed by atoms with Gasteiger partial charge in [-0.1, -0.05) is 42.5 Å². The molecule has 30 heavy (non-hydrogen) atoms. The Bertz CT molecular complexity index is 1040. The summed E-state index contributed by atoms with van der Waals surface area (Å²) in [7, 11) is 1.54. The number of fused-ring (bicyclic) bond motifs is 1. The molecule has 1 atom stereocenters. The van der Waals surface area contributed by atoms with E-state index in [1.807, 2.05) is 41.4 Å². The number of rotatable bonds is 4. The van der Waals surface area contributed by atoms with Crippen molar-refractivity contribution in [1.29, 1.82) is 0 Å². The normalized spacial score (nSPS) is 18.0. The van der Waals surface area contributed by atoms with E-state index in [1.54, 1.807) is 4.57 Å². The van der Waals surface area contributed by atoms with Crippen LogP contribution in [-0.2, 0) is 24.3 Å². The molecular weight excluding hydrogens is 378 g/mol. The zero-order valence-corrected chi connectivity index (χ0v) is 17.3. The van der Waals surface area contributed by atoms with E-state index in [2.05, 4.69) is 17.5 Å². The summed E-state index contributed by atoms with van der Waals surface area (Å²) >= 11 is 0. The van der Waals surface area contributed by atoms with Crippen LogP contribution in [0.2, 0.25) is 0 Å². The van der Waals surface area contributed by atoms with Gasteiger partial charge in [0.2, 0.25) is 5.91 Å². The van der Waals surface area contributed by atoms with E-state index in [4.69, 9.17) is 0 Å². The van der Waals surface area contributed by atoms with Crippen LogP contribution in [0.4, 0.5) is 0 Å². The van der Waals surface area contributed by atoms with Crippen LogP contribution in [0.15, 0.2) is 53.5 Å². The number of carbonyl (C=O) groups is 2. The van der Waals surface area contributed by atoms with Gasteiger partial charge in [0.05, 0.1) is 6.54 Å². The van der Waals surface area contributed by atoms with Crippen molar-refractivity contribution in [3.05, 3.63) is 81.3 Å². The molecule has 0 saturated carbocycles. The van der Waals surface area contributed by atoms with Crippen LogP contribution in [0.5, 0.6) is 0 Å². The Morgan fingerprint density at radius 3 is 2.67 bits per heavy atom. The molecule has 0 spiro atoms. The van der Waals surface area contributed by atoms with E-state index >= 15 is 0 Å². The predicted octanol–water partition coefficient (Wildman–Crippen LogP) is 2.50. The number of carbonyl (C=O) groups excluding carboxylic acids is 2. The van der Waals surface area contributed by atoms with Gasteiger partial charge in [-0.2, -0.15) is 0 Å². The predicted molar refractivity (Wildman–Crippen MR) is 115 cm³/mol. The molecule has 2 aromatic rings. The summed E-state index contributed by atoms with van der Waals surface area (Å²) in [5.41, 5.74) is 2.57. The Kier molecular flexibility index (Phi) is 5.84. The maximum atomic E-state index is 13.1. The average Bonchev–Trinajstić information content (AvgIpc) is 2.79. The number of hydrogen-bond acceptors (Lipinski definition) is 3. The third-order valence-corrected chi connectivity index (χ3v) is 6.05. The second-order valence-electron chi connectivity index (χ2n) is 8.00. The molecule has 4 rings (SSSR count). The number of nitrogens with zero attached hydrogens (tertiary/aromatic N) is 2. The van der Waals surface area contributed by atoms with E-state index < -0.39 is 0 Å². The molecular formula is C24H27N3O3. The maximum Gasteiger partial charge on any atom is 0.264 e. The van der Waals surface area contributed by atoms with Gasteiger partial charge in [0.25, 0.3) is 11.5 Å². The van der Waals surface area contributed by atoms with Crippen molar-refractivity contribution >= 4 is 11.8 Å². The summed E-state index contributed by atoms with van der Waals surface area (Å²) in [5.74, 6) is -0.159. The first-order chi connectivity index (χ1) is 14.6. The van der Waals surface area contributed by atoms with Crippen LogP contribution in [0.3, 0.4) is 0 Å². The largest absolute Gasteiger partial charge is 0.355 e. The minimum Gasteiger partial charge on any atom is -0.355 e. The molecule has 2 amide bonds. The van der Waals surface area contributed by atoms with Gasteiger partial charge in [-0.25, -0.2) is 0 Å². The summed E-state index contributed by atoms with van der Waals surface area (Å²) < 4.78 is 1.59. The molecule has 0 saturated heterocycles. The van der Waals surface area contributed by atoms with Crippen LogP contribution < -0.4 is 10.9 Å². The van der Waals surface area contributed by atoms with Gasteiger partial charge in [-0.05, 0) is 42.4 Å². The van der Waals surface area contributed by atoms with Crippen LogP contribution in [-0.4, -0.2) is 34.9 Å². The lowest BCUT2D eigenvalue weighted by Crippen LogP contribution is -2.43. The third kappa shape index (κ3) is 3.95. The van der Waals surface area contributed by atoms with Crippen molar-refractivity contribution in [2.75, 3.05) is 13.6 Å². The molecule has 2 heterocycles. The molecule has 156 valence electrons. The second kappa shape index (κ2) is 8.69. The summed E-state index contributed by atoms with van der Waals surface area (Å²) in [4.78, 5) is 40.6. The van der Waals surface area contributed by atoms with E-state index in [0.717, 1.165) is 36.0 Å².